The number of nitrogens with two attached hydrogens (primary N) is 1. The van der Waals surface area contributed by atoms with Gasteiger partial charge >= 0.3 is 0 Å². The summed E-state index contributed by atoms with van der Waals surface area (Å²) in [4.78, 5) is 0. The molecule has 0 amide bonds. The van der Waals surface area contributed by atoms with Crippen LogP contribution in [0.2, 0.25) is 4.34 Å². The molecule has 0 aliphatic heterocycles. The maximum atomic E-state index is 12.4. The molecule has 1 heterocycles. The smallest absolute Gasteiger partial charge is 0.250 e. The number of sulfonamides is 1. The summed E-state index contributed by atoms with van der Waals surface area (Å²) in [7, 11) is -3.54. The molecule has 19 heavy (non-hydrogen) atoms. The molecule has 1 aromatic heterocycles. The summed E-state index contributed by atoms with van der Waals surface area (Å²) in [5.41, 5.74) is 5.35. The molecular weight excluding hydrogens is 304 g/mol. The first-order valence-electron chi connectivity index (χ1n) is 6.39. The summed E-state index contributed by atoms with van der Waals surface area (Å²) >= 11 is 6.88. The van der Waals surface area contributed by atoms with Gasteiger partial charge in [-0.2, -0.15) is 0 Å². The van der Waals surface area contributed by atoms with Gasteiger partial charge in [-0.05, 0) is 30.9 Å². The molecule has 2 atom stereocenters. The standard InChI is InChI=1S/C12H19ClN2O2S2/c1-9-4-2-3-7-12(9,8-14)15-19(16,17)11-6-5-10(13)18-11/h5-6,9,15H,2-4,7-8,14H2,1H3. The average molecular weight is 323 g/mol. The largest absolute Gasteiger partial charge is 0.329 e. The van der Waals surface area contributed by atoms with E-state index >= 15 is 0 Å². The van der Waals surface area contributed by atoms with Gasteiger partial charge in [0.1, 0.15) is 4.21 Å². The number of thiophene rings is 1. The van der Waals surface area contributed by atoms with Crippen LogP contribution in [-0.4, -0.2) is 20.5 Å². The lowest BCUT2D eigenvalue weighted by Gasteiger charge is -2.42. The first kappa shape index (κ1) is 15.3. The Morgan fingerprint density at radius 3 is 2.79 bits per heavy atom. The summed E-state index contributed by atoms with van der Waals surface area (Å²) in [6, 6.07) is 3.13. The van der Waals surface area contributed by atoms with Crippen LogP contribution in [0.25, 0.3) is 0 Å². The van der Waals surface area contributed by atoms with Crippen LogP contribution >= 0.6 is 22.9 Å². The highest BCUT2D eigenvalue weighted by Gasteiger charge is 2.40. The van der Waals surface area contributed by atoms with E-state index in [0.717, 1.165) is 37.0 Å². The Morgan fingerprint density at radius 2 is 2.26 bits per heavy atom. The second-order valence-electron chi connectivity index (χ2n) is 5.17. The Balaban J connectivity index is 2.27. The van der Waals surface area contributed by atoms with Gasteiger partial charge in [-0.15, -0.1) is 11.3 Å². The highest BCUT2D eigenvalue weighted by atomic mass is 35.5. The number of rotatable bonds is 4. The second-order valence-corrected chi connectivity index (χ2v) is 8.80. The topological polar surface area (TPSA) is 72.2 Å². The molecular formula is C12H19ClN2O2S2. The predicted octanol–water partition coefficient (Wildman–Crippen LogP) is 2.59. The molecule has 4 nitrogen and oxygen atoms in total. The number of hydrogen-bond acceptors (Lipinski definition) is 4. The molecule has 1 fully saturated rings. The van der Waals surface area contributed by atoms with Gasteiger partial charge in [0.15, 0.2) is 0 Å². The van der Waals surface area contributed by atoms with Gasteiger partial charge in [0.05, 0.1) is 4.34 Å². The Bertz CT molecular complexity index is 544. The van der Waals surface area contributed by atoms with Gasteiger partial charge in [0, 0.05) is 12.1 Å². The van der Waals surface area contributed by atoms with Crippen LogP contribution in [-0.2, 0) is 10.0 Å². The van der Waals surface area contributed by atoms with Crippen LogP contribution in [0.4, 0.5) is 0 Å². The fourth-order valence-corrected chi connectivity index (χ4v) is 5.69. The lowest BCUT2D eigenvalue weighted by atomic mass is 9.74. The van der Waals surface area contributed by atoms with Gasteiger partial charge < -0.3 is 5.73 Å². The van der Waals surface area contributed by atoms with Crippen LogP contribution in [0.3, 0.4) is 0 Å². The van der Waals surface area contributed by atoms with Crippen molar-refractivity contribution in [2.24, 2.45) is 11.7 Å². The molecule has 0 radical (unpaired) electrons. The first-order valence-corrected chi connectivity index (χ1v) is 9.07. The SMILES string of the molecule is CC1CCCCC1(CN)NS(=O)(=O)c1ccc(Cl)s1. The average Bonchev–Trinajstić information content (AvgIpc) is 2.80. The Morgan fingerprint density at radius 1 is 1.53 bits per heavy atom. The summed E-state index contributed by atoms with van der Waals surface area (Å²) in [5, 5.41) is 0. The van der Waals surface area contributed by atoms with Crippen molar-refractivity contribution in [3.8, 4) is 0 Å². The maximum Gasteiger partial charge on any atom is 0.250 e. The van der Waals surface area contributed by atoms with Crippen molar-refractivity contribution in [1.82, 2.24) is 4.72 Å². The third-order valence-corrected chi connectivity index (χ3v) is 7.24. The monoisotopic (exact) mass is 322 g/mol. The molecule has 7 heteroatoms. The van der Waals surface area contributed by atoms with Crippen LogP contribution in [0.15, 0.2) is 16.3 Å². The highest BCUT2D eigenvalue weighted by molar-refractivity contribution is 7.91. The minimum absolute atomic E-state index is 0.247. The highest BCUT2D eigenvalue weighted by Crippen LogP contribution is 2.35. The van der Waals surface area contributed by atoms with Crippen molar-refractivity contribution in [3.05, 3.63) is 16.5 Å². The fourth-order valence-electron chi connectivity index (χ4n) is 2.67. The molecule has 3 N–H and O–H groups in total. The number of hydrogen-bond donors (Lipinski definition) is 2. The Kier molecular flexibility index (Phi) is 4.57. The van der Waals surface area contributed by atoms with E-state index in [1.54, 1.807) is 6.07 Å². The lowest BCUT2D eigenvalue weighted by Crippen LogP contribution is -2.58. The van der Waals surface area contributed by atoms with Crippen LogP contribution in [0, 0.1) is 5.92 Å². The van der Waals surface area contributed by atoms with E-state index in [-0.39, 0.29) is 10.1 Å². The number of halogens is 1. The van der Waals surface area contributed by atoms with Gasteiger partial charge in [-0.1, -0.05) is 31.4 Å². The third kappa shape index (κ3) is 3.13. The van der Waals surface area contributed by atoms with Crippen LogP contribution in [0.1, 0.15) is 32.6 Å². The van der Waals surface area contributed by atoms with E-state index in [1.165, 1.54) is 6.07 Å². The zero-order valence-electron chi connectivity index (χ0n) is 10.9. The lowest BCUT2D eigenvalue weighted by molar-refractivity contribution is 0.191. The molecule has 1 aromatic rings. The second kappa shape index (κ2) is 5.69. The van der Waals surface area contributed by atoms with Crippen molar-refractivity contribution >= 4 is 33.0 Å². The van der Waals surface area contributed by atoms with E-state index in [0.29, 0.717) is 10.9 Å². The van der Waals surface area contributed by atoms with Gasteiger partial charge in [0.25, 0.3) is 10.0 Å². The van der Waals surface area contributed by atoms with Crippen molar-refractivity contribution in [1.29, 1.82) is 0 Å². The van der Waals surface area contributed by atoms with Crippen molar-refractivity contribution in [3.63, 3.8) is 0 Å². The van der Waals surface area contributed by atoms with Crippen molar-refractivity contribution in [2.45, 2.75) is 42.4 Å². The number of nitrogens with one attached hydrogen (secondary N) is 1. The minimum Gasteiger partial charge on any atom is -0.329 e. The van der Waals surface area contributed by atoms with E-state index in [2.05, 4.69) is 11.6 Å². The van der Waals surface area contributed by atoms with Gasteiger partial charge in [0.2, 0.25) is 0 Å². The maximum absolute atomic E-state index is 12.4. The van der Waals surface area contributed by atoms with Gasteiger partial charge in [-0.25, -0.2) is 13.1 Å². The Labute approximate surface area is 123 Å². The summed E-state index contributed by atoms with van der Waals surface area (Å²) in [5.74, 6) is 0.247. The van der Waals surface area contributed by atoms with Crippen molar-refractivity contribution in [2.75, 3.05) is 6.54 Å². The molecule has 1 saturated carbocycles. The molecule has 2 unspecified atom stereocenters. The summed E-state index contributed by atoms with van der Waals surface area (Å²) in [6.07, 6.45) is 3.94. The van der Waals surface area contributed by atoms with Crippen LogP contribution in [0.5, 0.6) is 0 Å². The van der Waals surface area contributed by atoms with Crippen LogP contribution < -0.4 is 10.5 Å². The molecule has 0 spiro atoms. The minimum atomic E-state index is -3.54. The third-order valence-electron chi connectivity index (χ3n) is 3.97. The quantitative estimate of drug-likeness (QED) is 0.895. The fraction of sp³-hybridized carbons (Fsp3) is 0.667. The zero-order valence-corrected chi connectivity index (χ0v) is 13.2. The normalized spacial score (nSPS) is 28.5. The molecule has 108 valence electrons. The molecule has 0 aromatic carbocycles. The van der Waals surface area contributed by atoms with E-state index in [1.807, 2.05) is 0 Å². The summed E-state index contributed by atoms with van der Waals surface area (Å²) in [6.45, 7) is 2.39. The van der Waals surface area contributed by atoms with E-state index in [9.17, 15) is 8.42 Å². The summed E-state index contributed by atoms with van der Waals surface area (Å²) < 4.78 is 28.4. The van der Waals surface area contributed by atoms with E-state index < -0.39 is 15.6 Å². The zero-order chi connectivity index (χ0) is 14.1. The van der Waals surface area contributed by atoms with E-state index in [4.69, 9.17) is 17.3 Å². The first-order chi connectivity index (χ1) is 8.89. The molecule has 0 saturated heterocycles. The van der Waals surface area contributed by atoms with Gasteiger partial charge in [-0.3, -0.25) is 0 Å². The Hall–Kier alpha value is -0.140. The van der Waals surface area contributed by atoms with Crippen molar-refractivity contribution < 1.29 is 8.42 Å². The predicted molar refractivity (Wildman–Crippen MR) is 79.1 cm³/mol. The molecule has 1 aliphatic rings. The molecule has 2 rings (SSSR count). The molecule has 1 aliphatic carbocycles. The molecule has 0 bridgehead atoms.